The summed E-state index contributed by atoms with van der Waals surface area (Å²) >= 11 is 0. The van der Waals surface area contributed by atoms with Crippen LogP contribution in [0.5, 0.6) is 0 Å². The lowest BCUT2D eigenvalue weighted by Gasteiger charge is -2.28. The van der Waals surface area contributed by atoms with E-state index >= 15 is 0 Å². The summed E-state index contributed by atoms with van der Waals surface area (Å²) in [4.78, 5) is 140. The number of aliphatic imine (C=N–C) groups is 3. The van der Waals surface area contributed by atoms with Gasteiger partial charge in [0, 0.05) is 69.5 Å². The number of amides is 8. The molecule has 22 N–H and O–H groups in total. The number of rotatable bonds is 20. The van der Waals surface area contributed by atoms with Gasteiger partial charge in [-0.25, -0.2) is 4.79 Å². The third-order valence-electron chi connectivity index (χ3n) is 12.3. The van der Waals surface area contributed by atoms with Crippen molar-refractivity contribution in [1.29, 1.82) is 0 Å². The van der Waals surface area contributed by atoms with E-state index < -0.39 is 95.5 Å². The van der Waals surface area contributed by atoms with Crippen LogP contribution in [0.4, 0.5) is 0 Å². The molecule has 3 aromatic rings. The maximum Gasteiger partial charge on any atom is 0.326 e. The molecule has 7 atom stereocenters. The first kappa shape index (κ1) is 61.6. The number of hydrogen-bond acceptors (Lipinski definition) is 12. The number of aliphatic carboxylic acids is 1. The Morgan fingerprint density at radius 1 is 0.654 bits per heavy atom. The number of fused-ring (bicyclic) bond motifs is 1. The van der Waals surface area contributed by atoms with E-state index in [0.29, 0.717) is 11.1 Å². The second-order valence-corrected chi connectivity index (χ2v) is 18.6. The van der Waals surface area contributed by atoms with Gasteiger partial charge in [-0.1, -0.05) is 48.5 Å². The van der Waals surface area contributed by atoms with Gasteiger partial charge >= 0.3 is 5.97 Å². The molecule has 28 heteroatoms. The van der Waals surface area contributed by atoms with Gasteiger partial charge in [0.05, 0.1) is 0 Å². The van der Waals surface area contributed by atoms with Crippen LogP contribution in [0, 0.1) is 0 Å². The van der Waals surface area contributed by atoms with Gasteiger partial charge in [0.2, 0.25) is 47.3 Å². The van der Waals surface area contributed by atoms with Crippen LogP contribution >= 0.6 is 0 Å². The van der Waals surface area contributed by atoms with Crippen molar-refractivity contribution in [2.75, 3.05) is 26.2 Å². The largest absolute Gasteiger partial charge is 0.480 e. The number of carboxylic acids is 1. The van der Waals surface area contributed by atoms with Crippen LogP contribution < -0.4 is 76.9 Å². The Morgan fingerprint density at radius 3 is 1.77 bits per heavy atom. The average molecular weight is 1090 g/mol. The van der Waals surface area contributed by atoms with Crippen molar-refractivity contribution in [3.8, 4) is 0 Å². The molecule has 0 spiro atoms. The summed E-state index contributed by atoms with van der Waals surface area (Å²) in [6.45, 7) is 1.25. The Hall–Kier alpha value is -8.98. The van der Waals surface area contributed by atoms with Crippen molar-refractivity contribution < 1.29 is 48.3 Å². The Balaban J connectivity index is 1.80. The zero-order valence-corrected chi connectivity index (χ0v) is 43.6. The average Bonchev–Trinajstić information content (AvgIpc) is 3.80. The number of nitrogens with zero attached hydrogens (tertiary/aromatic N) is 3. The minimum atomic E-state index is -1.52. The smallest absolute Gasteiger partial charge is 0.326 e. The van der Waals surface area contributed by atoms with Gasteiger partial charge < -0.3 is 87.0 Å². The minimum absolute atomic E-state index is 0.0116. The Bertz CT molecular complexity index is 2630. The number of hydrogen-bond donors (Lipinski definition) is 16. The highest BCUT2D eigenvalue weighted by atomic mass is 16.4. The van der Waals surface area contributed by atoms with E-state index in [0.717, 1.165) is 10.9 Å². The fourth-order valence-corrected chi connectivity index (χ4v) is 8.41. The molecule has 0 aliphatic carbocycles. The summed E-state index contributed by atoms with van der Waals surface area (Å²) in [5.41, 5.74) is 35.1. The molecule has 1 aliphatic rings. The summed E-state index contributed by atoms with van der Waals surface area (Å²) < 4.78 is 0. The number of benzene rings is 2. The number of aromatic amines is 1. The highest BCUT2D eigenvalue weighted by molar-refractivity contribution is 5.98. The Kier molecular flexibility index (Phi) is 25.1. The maximum absolute atomic E-state index is 14.7. The molecular weight excluding hydrogens is 1010 g/mol. The molecule has 1 fully saturated rings. The quantitative estimate of drug-likeness (QED) is 0.0294. The zero-order chi connectivity index (χ0) is 57.1. The Morgan fingerprint density at radius 2 is 1.18 bits per heavy atom. The molecular formula is C50H74N18O10. The van der Waals surface area contributed by atoms with Crippen LogP contribution in [-0.2, 0) is 56.0 Å². The van der Waals surface area contributed by atoms with E-state index in [1.165, 1.54) is 6.92 Å². The van der Waals surface area contributed by atoms with E-state index in [4.69, 9.17) is 34.4 Å². The molecule has 78 heavy (non-hydrogen) atoms. The highest BCUT2D eigenvalue weighted by Crippen LogP contribution is 2.20. The third-order valence-corrected chi connectivity index (χ3v) is 12.3. The van der Waals surface area contributed by atoms with Gasteiger partial charge in [-0.2, -0.15) is 0 Å². The minimum Gasteiger partial charge on any atom is -0.480 e. The van der Waals surface area contributed by atoms with Crippen LogP contribution in [-0.4, -0.2) is 150 Å². The van der Waals surface area contributed by atoms with Crippen LogP contribution in [0.1, 0.15) is 82.3 Å². The van der Waals surface area contributed by atoms with Crippen LogP contribution in [0.2, 0.25) is 0 Å². The molecule has 2 aromatic carbocycles. The summed E-state index contributed by atoms with van der Waals surface area (Å²) in [5, 5.41) is 32.2. The van der Waals surface area contributed by atoms with Crippen molar-refractivity contribution >= 4 is 82.0 Å². The second kappa shape index (κ2) is 31.8. The molecule has 1 saturated heterocycles. The monoisotopic (exact) mass is 1090 g/mol. The van der Waals surface area contributed by atoms with E-state index in [-0.39, 0.29) is 121 Å². The number of nitrogens with one attached hydrogen (secondary N) is 9. The lowest BCUT2D eigenvalue weighted by atomic mass is 10.0. The topological polar surface area (TPSA) is 479 Å². The van der Waals surface area contributed by atoms with Crippen molar-refractivity contribution in [3.63, 3.8) is 0 Å². The summed E-state index contributed by atoms with van der Waals surface area (Å²) in [6.07, 6.45) is 0.801. The van der Waals surface area contributed by atoms with Crippen molar-refractivity contribution in [2.45, 2.75) is 126 Å². The van der Waals surface area contributed by atoms with Crippen molar-refractivity contribution in [2.24, 2.45) is 49.4 Å². The summed E-state index contributed by atoms with van der Waals surface area (Å²) in [5.74, 6) is -8.43. The Labute approximate surface area is 450 Å². The zero-order valence-electron chi connectivity index (χ0n) is 43.6. The molecule has 424 valence electrons. The van der Waals surface area contributed by atoms with Crippen molar-refractivity contribution in [1.82, 2.24) is 47.5 Å². The van der Waals surface area contributed by atoms with Crippen LogP contribution in [0.25, 0.3) is 10.9 Å². The lowest BCUT2D eigenvalue weighted by Crippen LogP contribution is -2.60. The normalized spacial score (nSPS) is 20.6. The number of aromatic nitrogens is 1. The molecule has 4 rings (SSSR count). The highest BCUT2D eigenvalue weighted by Gasteiger charge is 2.35. The maximum atomic E-state index is 14.7. The first-order chi connectivity index (χ1) is 37.2. The van der Waals surface area contributed by atoms with Gasteiger partial charge in [-0.05, 0) is 75.0 Å². The van der Waals surface area contributed by atoms with Crippen LogP contribution in [0.3, 0.4) is 0 Å². The standard InChI is InChI=1S/C50H74N18O10/c1-28(69)62-33(15-7-22-58-48(51)52)41(71)65-36-19-20-40(70)57-21-10-18-37(47(77)78)66-46(76)39(26-30-27-61-32-14-6-5-13-31(30)32)68-43(73)35(17-9-24-60-50(55)56)64-45(75)38(25-29-11-3-2-4-12-29)67-42(72)34(63-44(36)74)16-8-23-59-49(53)54/h2-6,11-14,27,33-39,61H,7-10,15-26H2,1H3,(H,57,70)(H,62,69)(H,63,74)(H,64,75)(H,65,71)(H,66,76)(H,67,72)(H,68,73)(H,77,78)(H4,51,52,58)(H4,53,54,59)(H4,55,56,60)/t33-,34-,35-,36-,37?,38?,39-/m0/s1. The summed E-state index contributed by atoms with van der Waals surface area (Å²) in [6, 6.07) is 5.87. The van der Waals surface area contributed by atoms with Gasteiger partial charge in [0.15, 0.2) is 17.9 Å². The van der Waals surface area contributed by atoms with E-state index in [9.17, 15) is 48.3 Å². The molecule has 1 aliphatic heterocycles. The molecule has 2 heterocycles. The van der Waals surface area contributed by atoms with Gasteiger partial charge in [-0.15, -0.1) is 0 Å². The van der Waals surface area contributed by atoms with E-state index in [1.807, 2.05) is 18.2 Å². The molecule has 0 radical (unpaired) electrons. The third kappa shape index (κ3) is 21.7. The first-order valence-corrected chi connectivity index (χ1v) is 25.5. The number of guanidine groups is 3. The van der Waals surface area contributed by atoms with Crippen LogP contribution in [0.15, 0.2) is 75.8 Å². The van der Waals surface area contributed by atoms with Gasteiger partial charge in [-0.3, -0.25) is 53.3 Å². The number of carbonyl (C=O) groups excluding carboxylic acids is 8. The second-order valence-electron chi connectivity index (χ2n) is 18.6. The lowest BCUT2D eigenvalue weighted by molar-refractivity contribution is -0.142. The number of nitrogens with two attached hydrogens (primary N) is 6. The van der Waals surface area contributed by atoms with E-state index in [2.05, 4.69) is 62.5 Å². The predicted molar refractivity (Wildman–Crippen MR) is 290 cm³/mol. The molecule has 0 saturated carbocycles. The first-order valence-electron chi connectivity index (χ1n) is 25.5. The molecule has 8 amide bonds. The fourth-order valence-electron chi connectivity index (χ4n) is 8.41. The van der Waals surface area contributed by atoms with Gasteiger partial charge in [0.1, 0.15) is 42.3 Å². The summed E-state index contributed by atoms with van der Waals surface area (Å²) in [7, 11) is 0. The number of carboxylic acid groups (broad SMARTS) is 1. The number of H-pyrrole nitrogens is 1. The molecule has 1 aromatic heterocycles. The molecule has 2 unspecified atom stereocenters. The molecule has 0 bridgehead atoms. The predicted octanol–water partition coefficient (Wildman–Crippen LogP) is -3.70. The van der Waals surface area contributed by atoms with Gasteiger partial charge in [0.25, 0.3) is 0 Å². The van der Waals surface area contributed by atoms with Crippen molar-refractivity contribution in [3.05, 3.63) is 71.9 Å². The SMILES string of the molecule is CC(=O)N[C@@H](CCCN=C(N)N)C(=O)N[C@H]1CCC(=O)NCCCC(C(=O)O)NC(=O)[C@H](Cc2c[nH]c3ccccc23)NC(=O)[C@H](CCCN=C(N)N)NC(=O)C(Cc2ccccc2)NC(=O)[C@H](CCCN=C(N)N)NC1=O. The molecule has 28 nitrogen and oxygen atoms in total. The fraction of sp³-hybridized carbons (Fsp3) is 0.480. The number of carbonyl (C=O) groups is 9. The number of para-hydroxylation sites is 1. The van der Waals surface area contributed by atoms with E-state index in [1.54, 1.807) is 42.6 Å².